The second kappa shape index (κ2) is 7.21. The Balaban J connectivity index is 2.96. The highest BCUT2D eigenvalue weighted by Crippen LogP contribution is 2.22. The summed E-state index contributed by atoms with van der Waals surface area (Å²) < 4.78 is 0. The van der Waals surface area contributed by atoms with Gasteiger partial charge in [-0.1, -0.05) is 25.4 Å². The van der Waals surface area contributed by atoms with Crippen molar-refractivity contribution < 1.29 is 9.72 Å². The summed E-state index contributed by atoms with van der Waals surface area (Å²) in [6, 6.07) is 3.67. The SMILES string of the molecule is CC(C)CC(CN)NC(=O)c1cc(Cl)ccc1[N+](=O)[O-]. The predicted molar refractivity (Wildman–Crippen MR) is 77.9 cm³/mol. The molecule has 0 aliphatic heterocycles. The minimum absolute atomic E-state index is 0.0512. The zero-order valence-corrected chi connectivity index (χ0v) is 12.2. The minimum atomic E-state index is -0.606. The summed E-state index contributed by atoms with van der Waals surface area (Å²) in [7, 11) is 0. The largest absolute Gasteiger partial charge is 0.348 e. The molecule has 1 atom stereocenters. The van der Waals surface area contributed by atoms with Crippen molar-refractivity contribution >= 4 is 23.2 Å². The molecule has 1 unspecified atom stereocenters. The molecule has 0 saturated carbocycles. The van der Waals surface area contributed by atoms with Crippen LogP contribution in [0.3, 0.4) is 0 Å². The number of nitro benzene ring substituents is 1. The molecule has 1 rings (SSSR count). The molecule has 7 heteroatoms. The lowest BCUT2D eigenvalue weighted by Crippen LogP contribution is -2.41. The smallest absolute Gasteiger partial charge is 0.282 e. The van der Waals surface area contributed by atoms with Gasteiger partial charge in [-0.25, -0.2) is 0 Å². The van der Waals surface area contributed by atoms with Gasteiger partial charge in [0.1, 0.15) is 5.56 Å². The molecule has 0 aromatic heterocycles. The van der Waals surface area contributed by atoms with E-state index in [1.807, 2.05) is 13.8 Å². The maximum absolute atomic E-state index is 12.1. The second-order valence-corrected chi connectivity index (χ2v) is 5.39. The third-order valence-corrected chi connectivity index (χ3v) is 3.01. The van der Waals surface area contributed by atoms with Crippen LogP contribution in [0.4, 0.5) is 5.69 Å². The summed E-state index contributed by atoms with van der Waals surface area (Å²) >= 11 is 5.79. The van der Waals surface area contributed by atoms with Crippen molar-refractivity contribution in [2.24, 2.45) is 11.7 Å². The second-order valence-electron chi connectivity index (χ2n) is 4.95. The van der Waals surface area contributed by atoms with Crippen LogP contribution >= 0.6 is 11.6 Å². The van der Waals surface area contributed by atoms with E-state index in [0.717, 1.165) is 0 Å². The van der Waals surface area contributed by atoms with Gasteiger partial charge >= 0.3 is 0 Å². The van der Waals surface area contributed by atoms with E-state index >= 15 is 0 Å². The molecule has 0 bridgehead atoms. The minimum Gasteiger partial charge on any atom is -0.348 e. The van der Waals surface area contributed by atoms with Crippen molar-refractivity contribution in [2.45, 2.75) is 26.3 Å². The lowest BCUT2D eigenvalue weighted by molar-refractivity contribution is -0.385. The van der Waals surface area contributed by atoms with Crippen molar-refractivity contribution in [3.8, 4) is 0 Å². The van der Waals surface area contributed by atoms with Crippen LogP contribution in [0.1, 0.15) is 30.6 Å². The summed E-state index contributed by atoms with van der Waals surface area (Å²) in [5, 5.41) is 13.9. The standard InChI is InChI=1S/C13H18ClN3O3/c1-8(2)5-10(7-15)16-13(18)11-6-9(14)3-4-12(11)17(19)20/h3-4,6,8,10H,5,7,15H2,1-2H3,(H,16,18). The van der Waals surface area contributed by atoms with Gasteiger partial charge in [0.25, 0.3) is 11.6 Å². The van der Waals surface area contributed by atoms with Gasteiger partial charge in [-0.3, -0.25) is 14.9 Å². The van der Waals surface area contributed by atoms with E-state index in [2.05, 4.69) is 5.32 Å². The van der Waals surface area contributed by atoms with E-state index < -0.39 is 10.8 Å². The van der Waals surface area contributed by atoms with Crippen LogP contribution in [0.15, 0.2) is 18.2 Å². The maximum atomic E-state index is 12.1. The third-order valence-electron chi connectivity index (χ3n) is 2.78. The molecule has 0 heterocycles. The van der Waals surface area contributed by atoms with Crippen molar-refractivity contribution in [1.82, 2.24) is 5.32 Å². The number of carbonyl (C=O) groups is 1. The van der Waals surface area contributed by atoms with Gasteiger partial charge < -0.3 is 11.1 Å². The van der Waals surface area contributed by atoms with Gasteiger partial charge in [0, 0.05) is 23.7 Å². The first kappa shape index (κ1) is 16.4. The first-order valence-corrected chi connectivity index (χ1v) is 6.67. The van der Waals surface area contributed by atoms with E-state index in [0.29, 0.717) is 12.3 Å². The Kier molecular flexibility index (Phi) is 5.91. The first-order chi connectivity index (χ1) is 9.35. The Labute approximate surface area is 122 Å². The van der Waals surface area contributed by atoms with Crippen LogP contribution in [0.25, 0.3) is 0 Å². The molecule has 0 fully saturated rings. The fourth-order valence-electron chi connectivity index (χ4n) is 1.90. The highest BCUT2D eigenvalue weighted by Gasteiger charge is 2.22. The molecular weight excluding hydrogens is 282 g/mol. The number of nitrogens with zero attached hydrogens (tertiary/aromatic N) is 1. The lowest BCUT2D eigenvalue weighted by atomic mass is 10.0. The number of hydrogen-bond donors (Lipinski definition) is 2. The van der Waals surface area contributed by atoms with E-state index in [9.17, 15) is 14.9 Å². The van der Waals surface area contributed by atoms with Crippen molar-refractivity contribution in [3.63, 3.8) is 0 Å². The Bertz CT molecular complexity index is 506. The summed E-state index contributed by atoms with van der Waals surface area (Å²) in [6.45, 7) is 4.30. The molecule has 0 spiro atoms. The van der Waals surface area contributed by atoms with E-state index in [4.69, 9.17) is 17.3 Å². The number of benzene rings is 1. The van der Waals surface area contributed by atoms with Gasteiger partial charge in [0.2, 0.25) is 0 Å². The molecular formula is C13H18ClN3O3. The lowest BCUT2D eigenvalue weighted by Gasteiger charge is -2.18. The van der Waals surface area contributed by atoms with Crippen LogP contribution in [0, 0.1) is 16.0 Å². The molecule has 0 saturated heterocycles. The Morgan fingerprint density at radius 2 is 2.15 bits per heavy atom. The number of nitrogens with two attached hydrogens (primary N) is 1. The highest BCUT2D eigenvalue weighted by molar-refractivity contribution is 6.31. The fourth-order valence-corrected chi connectivity index (χ4v) is 2.07. The van der Waals surface area contributed by atoms with Crippen LogP contribution in [0.5, 0.6) is 0 Å². The Hall–Kier alpha value is -1.66. The zero-order chi connectivity index (χ0) is 15.3. The topological polar surface area (TPSA) is 98.3 Å². The van der Waals surface area contributed by atoms with Gasteiger partial charge in [-0.05, 0) is 24.5 Å². The monoisotopic (exact) mass is 299 g/mol. The first-order valence-electron chi connectivity index (χ1n) is 6.30. The molecule has 20 heavy (non-hydrogen) atoms. The zero-order valence-electron chi connectivity index (χ0n) is 11.4. The number of nitro groups is 1. The molecule has 0 aliphatic rings. The van der Waals surface area contributed by atoms with Gasteiger partial charge in [-0.15, -0.1) is 0 Å². The highest BCUT2D eigenvalue weighted by atomic mass is 35.5. The predicted octanol–water partition coefficient (Wildman–Crippen LogP) is 2.35. The van der Waals surface area contributed by atoms with E-state index in [1.165, 1.54) is 18.2 Å². The molecule has 110 valence electrons. The average Bonchev–Trinajstić information content (AvgIpc) is 2.36. The van der Waals surface area contributed by atoms with Crippen molar-refractivity contribution in [3.05, 3.63) is 38.9 Å². The number of amides is 1. The number of nitrogens with one attached hydrogen (secondary N) is 1. The molecule has 0 aliphatic carbocycles. The fraction of sp³-hybridized carbons (Fsp3) is 0.462. The van der Waals surface area contributed by atoms with Crippen LogP contribution in [0.2, 0.25) is 5.02 Å². The number of halogens is 1. The van der Waals surface area contributed by atoms with Gasteiger partial charge in [0.05, 0.1) is 4.92 Å². The average molecular weight is 300 g/mol. The van der Waals surface area contributed by atoms with Crippen molar-refractivity contribution in [1.29, 1.82) is 0 Å². The maximum Gasteiger partial charge on any atom is 0.282 e. The summed E-state index contributed by atoms with van der Waals surface area (Å²) in [5.41, 5.74) is 5.28. The van der Waals surface area contributed by atoms with E-state index in [1.54, 1.807) is 0 Å². The molecule has 6 nitrogen and oxygen atoms in total. The van der Waals surface area contributed by atoms with Crippen LogP contribution < -0.4 is 11.1 Å². The molecule has 1 aromatic rings. The Morgan fingerprint density at radius 3 is 2.65 bits per heavy atom. The normalized spacial score (nSPS) is 12.2. The van der Waals surface area contributed by atoms with E-state index in [-0.39, 0.29) is 28.9 Å². The molecule has 0 radical (unpaired) electrons. The quantitative estimate of drug-likeness (QED) is 0.622. The number of carbonyl (C=O) groups excluding carboxylic acids is 1. The molecule has 1 amide bonds. The van der Waals surface area contributed by atoms with Gasteiger partial charge in [0.15, 0.2) is 0 Å². The number of rotatable bonds is 6. The van der Waals surface area contributed by atoms with Crippen LogP contribution in [-0.2, 0) is 0 Å². The Morgan fingerprint density at radius 1 is 1.50 bits per heavy atom. The van der Waals surface area contributed by atoms with Crippen LogP contribution in [-0.4, -0.2) is 23.4 Å². The van der Waals surface area contributed by atoms with Gasteiger partial charge in [-0.2, -0.15) is 0 Å². The summed E-state index contributed by atoms with van der Waals surface area (Å²) in [5.74, 6) is -0.173. The third kappa shape index (κ3) is 4.47. The summed E-state index contributed by atoms with van der Waals surface area (Å²) in [6.07, 6.45) is 0.705. The van der Waals surface area contributed by atoms with Crippen molar-refractivity contribution in [2.75, 3.05) is 6.54 Å². The summed E-state index contributed by atoms with van der Waals surface area (Å²) in [4.78, 5) is 22.5. The molecule has 3 N–H and O–H groups in total. The molecule has 1 aromatic carbocycles. The number of hydrogen-bond acceptors (Lipinski definition) is 4.